The zero-order chi connectivity index (χ0) is 13.9. The zero-order valence-electron chi connectivity index (χ0n) is 10.4. The van der Waals surface area contributed by atoms with Crippen molar-refractivity contribution in [3.63, 3.8) is 0 Å². The van der Waals surface area contributed by atoms with Crippen molar-refractivity contribution in [1.29, 1.82) is 0 Å². The molecule has 2 nitrogen and oxygen atoms in total. The first-order chi connectivity index (χ1) is 9.02. The van der Waals surface area contributed by atoms with Crippen LogP contribution in [0.4, 0.5) is 8.78 Å². The van der Waals surface area contributed by atoms with Gasteiger partial charge in [-0.2, -0.15) is 0 Å². The number of hydrogen-bond donors (Lipinski definition) is 1. The molecule has 1 fully saturated rings. The third kappa shape index (κ3) is 3.66. The van der Waals surface area contributed by atoms with E-state index in [1.54, 1.807) is 0 Å². The summed E-state index contributed by atoms with van der Waals surface area (Å²) in [4.78, 5) is 12.0. The highest BCUT2D eigenvalue weighted by molar-refractivity contribution is 6.18. The molecule has 0 aliphatic heterocycles. The molecule has 2 unspecified atom stereocenters. The summed E-state index contributed by atoms with van der Waals surface area (Å²) in [7, 11) is 0. The number of nitrogens with one attached hydrogen (secondary N) is 1. The Labute approximate surface area is 116 Å². The molecule has 19 heavy (non-hydrogen) atoms. The molecule has 1 N–H and O–H groups in total. The fraction of sp³-hybridized carbons (Fsp3) is 0.500. The third-order valence-corrected chi connectivity index (χ3v) is 3.76. The van der Waals surface area contributed by atoms with Crippen molar-refractivity contribution >= 4 is 17.5 Å². The molecule has 0 saturated heterocycles. The Bertz CT molecular complexity index is 438. The van der Waals surface area contributed by atoms with Crippen molar-refractivity contribution in [2.75, 3.05) is 5.88 Å². The van der Waals surface area contributed by atoms with Crippen LogP contribution in [0.2, 0.25) is 0 Å². The molecule has 2 rings (SSSR count). The second kappa shape index (κ2) is 5.87. The fourth-order valence-corrected chi connectivity index (χ4v) is 2.62. The van der Waals surface area contributed by atoms with Crippen LogP contribution in [0.3, 0.4) is 0 Å². The number of hydrogen-bond acceptors (Lipinski definition) is 1. The van der Waals surface area contributed by atoms with E-state index in [0.29, 0.717) is 0 Å². The summed E-state index contributed by atoms with van der Waals surface area (Å²) in [5.74, 6) is -3.42. The molecule has 0 spiro atoms. The van der Waals surface area contributed by atoms with Gasteiger partial charge in [0.2, 0.25) is 11.8 Å². The summed E-state index contributed by atoms with van der Waals surface area (Å²) < 4.78 is 26.2. The first-order valence-electron chi connectivity index (χ1n) is 6.31. The summed E-state index contributed by atoms with van der Waals surface area (Å²) in [5, 5.41) is 2.76. The van der Waals surface area contributed by atoms with E-state index in [1.807, 2.05) is 30.3 Å². The van der Waals surface area contributed by atoms with Gasteiger partial charge in [0.25, 0.3) is 0 Å². The average molecular weight is 288 g/mol. The number of benzene rings is 1. The van der Waals surface area contributed by atoms with Crippen molar-refractivity contribution in [1.82, 2.24) is 5.32 Å². The Morgan fingerprint density at radius 3 is 2.63 bits per heavy atom. The largest absolute Gasteiger partial charge is 0.348 e. The number of alkyl halides is 3. The van der Waals surface area contributed by atoms with Gasteiger partial charge in [0.05, 0.1) is 6.04 Å². The highest BCUT2D eigenvalue weighted by atomic mass is 35.5. The van der Waals surface area contributed by atoms with Gasteiger partial charge < -0.3 is 5.32 Å². The Balaban J connectivity index is 1.98. The number of carbonyl (C=O) groups is 1. The molecule has 2 atom stereocenters. The molecule has 104 valence electrons. The van der Waals surface area contributed by atoms with E-state index in [2.05, 4.69) is 5.32 Å². The lowest BCUT2D eigenvalue weighted by molar-refractivity contribution is -0.126. The molecular weight excluding hydrogens is 272 g/mol. The fourth-order valence-electron chi connectivity index (χ4n) is 2.36. The summed E-state index contributed by atoms with van der Waals surface area (Å²) in [6.07, 6.45) is -0.326. The van der Waals surface area contributed by atoms with E-state index in [1.165, 1.54) is 0 Å². The van der Waals surface area contributed by atoms with Crippen LogP contribution < -0.4 is 5.32 Å². The highest BCUT2D eigenvalue weighted by Gasteiger charge is 2.42. The third-order valence-electron chi connectivity index (χ3n) is 3.45. The minimum absolute atomic E-state index is 0.206. The van der Waals surface area contributed by atoms with Crippen molar-refractivity contribution < 1.29 is 13.6 Å². The topological polar surface area (TPSA) is 29.1 Å². The van der Waals surface area contributed by atoms with Crippen LogP contribution in [0.1, 0.15) is 30.9 Å². The lowest BCUT2D eigenvalue weighted by Crippen LogP contribution is -2.34. The van der Waals surface area contributed by atoms with E-state index in [0.717, 1.165) is 5.56 Å². The van der Waals surface area contributed by atoms with Crippen LogP contribution in [0, 0.1) is 5.92 Å². The predicted molar refractivity (Wildman–Crippen MR) is 70.3 cm³/mol. The zero-order valence-corrected chi connectivity index (χ0v) is 11.2. The monoisotopic (exact) mass is 287 g/mol. The Hall–Kier alpha value is -1.16. The van der Waals surface area contributed by atoms with Gasteiger partial charge in [-0.3, -0.25) is 4.79 Å². The van der Waals surface area contributed by atoms with E-state index >= 15 is 0 Å². The Morgan fingerprint density at radius 1 is 1.42 bits per heavy atom. The number of carbonyl (C=O) groups excluding carboxylic acids is 1. The number of amides is 1. The lowest BCUT2D eigenvalue weighted by atomic mass is 10.0. The maximum absolute atomic E-state index is 13.1. The Kier molecular flexibility index (Phi) is 4.40. The predicted octanol–water partition coefficient (Wildman–Crippen LogP) is 3.52. The second-order valence-electron chi connectivity index (χ2n) is 4.92. The first kappa shape index (κ1) is 14.3. The molecule has 0 aromatic heterocycles. The van der Waals surface area contributed by atoms with E-state index in [4.69, 9.17) is 11.6 Å². The maximum Gasteiger partial charge on any atom is 0.248 e. The van der Waals surface area contributed by atoms with Gasteiger partial charge in [-0.25, -0.2) is 8.78 Å². The van der Waals surface area contributed by atoms with E-state index in [-0.39, 0.29) is 37.1 Å². The summed E-state index contributed by atoms with van der Waals surface area (Å²) >= 11 is 5.85. The summed E-state index contributed by atoms with van der Waals surface area (Å²) in [6.45, 7) is 0. The normalized spacial score (nSPS) is 23.0. The molecule has 1 aromatic carbocycles. The standard InChI is InChI=1S/C14H16ClF2NO/c15-9-12(10-4-2-1-3-5-10)18-13(19)11-6-7-14(16,17)8-11/h1-5,11-12H,6-9H2,(H,18,19). The van der Waals surface area contributed by atoms with Gasteiger partial charge in [0, 0.05) is 24.6 Å². The van der Waals surface area contributed by atoms with Gasteiger partial charge >= 0.3 is 0 Å². The van der Waals surface area contributed by atoms with Gasteiger partial charge in [0.1, 0.15) is 0 Å². The van der Waals surface area contributed by atoms with Gasteiger partial charge in [-0.15, -0.1) is 11.6 Å². The Morgan fingerprint density at radius 2 is 2.11 bits per heavy atom. The van der Waals surface area contributed by atoms with Crippen molar-refractivity contribution in [3.8, 4) is 0 Å². The second-order valence-corrected chi connectivity index (χ2v) is 5.23. The van der Waals surface area contributed by atoms with Crippen LogP contribution >= 0.6 is 11.6 Å². The summed E-state index contributed by atoms with van der Waals surface area (Å²) in [5.41, 5.74) is 0.885. The molecule has 1 aliphatic rings. The smallest absolute Gasteiger partial charge is 0.248 e. The van der Waals surface area contributed by atoms with Crippen LogP contribution in [0.5, 0.6) is 0 Å². The van der Waals surface area contributed by atoms with Crippen molar-refractivity contribution in [3.05, 3.63) is 35.9 Å². The van der Waals surface area contributed by atoms with Crippen molar-refractivity contribution in [2.45, 2.75) is 31.2 Å². The molecular formula is C14H16ClF2NO. The minimum Gasteiger partial charge on any atom is -0.348 e. The lowest BCUT2D eigenvalue weighted by Gasteiger charge is -2.19. The number of halogens is 3. The van der Waals surface area contributed by atoms with Crippen LogP contribution in [0.25, 0.3) is 0 Å². The molecule has 5 heteroatoms. The van der Waals surface area contributed by atoms with Gasteiger partial charge in [-0.1, -0.05) is 30.3 Å². The quantitative estimate of drug-likeness (QED) is 0.844. The molecule has 1 aliphatic carbocycles. The van der Waals surface area contributed by atoms with Crippen molar-refractivity contribution in [2.24, 2.45) is 5.92 Å². The van der Waals surface area contributed by atoms with Crippen LogP contribution in [-0.4, -0.2) is 17.7 Å². The average Bonchev–Trinajstić information content (AvgIpc) is 2.77. The highest BCUT2D eigenvalue weighted by Crippen LogP contribution is 2.39. The van der Waals surface area contributed by atoms with E-state index in [9.17, 15) is 13.6 Å². The van der Waals surface area contributed by atoms with Gasteiger partial charge in [0.15, 0.2) is 0 Å². The van der Waals surface area contributed by atoms with Crippen LogP contribution in [0.15, 0.2) is 30.3 Å². The number of rotatable bonds is 4. The molecule has 0 radical (unpaired) electrons. The molecule has 0 bridgehead atoms. The minimum atomic E-state index is -2.70. The van der Waals surface area contributed by atoms with E-state index < -0.39 is 11.8 Å². The van der Waals surface area contributed by atoms with Gasteiger partial charge in [-0.05, 0) is 12.0 Å². The molecule has 1 saturated carbocycles. The van der Waals surface area contributed by atoms with Crippen LogP contribution in [-0.2, 0) is 4.79 Å². The molecule has 0 heterocycles. The summed E-state index contributed by atoms with van der Waals surface area (Å²) in [6, 6.07) is 8.96. The first-order valence-corrected chi connectivity index (χ1v) is 6.84. The molecule has 1 aromatic rings. The molecule has 1 amide bonds. The SMILES string of the molecule is O=C(NC(CCl)c1ccccc1)C1CCC(F)(F)C1. The maximum atomic E-state index is 13.1.